The fourth-order valence-electron chi connectivity index (χ4n) is 0.277. The third kappa shape index (κ3) is 3.64. The van der Waals surface area contributed by atoms with Gasteiger partial charge in [0.15, 0.2) is 5.78 Å². The maximum Gasteiger partial charge on any atom is 0.173 e. The van der Waals surface area contributed by atoms with Gasteiger partial charge in [-0.25, -0.2) is 0 Å². The molecule has 0 fully saturated rings. The van der Waals surface area contributed by atoms with Crippen LogP contribution in [0.1, 0.15) is 20.8 Å². The second kappa shape index (κ2) is 4.01. The molecule has 0 unspecified atom stereocenters. The molecule has 2 heteroatoms. The molecular weight excluding hydrogens is 114 g/mol. The smallest absolute Gasteiger partial charge is 0.173 e. The van der Waals surface area contributed by atoms with Gasteiger partial charge >= 0.3 is 0 Å². The normalized spacial score (nSPS) is 12.6. The Kier molecular flexibility index (Phi) is 3.60. The van der Waals surface area contributed by atoms with Crippen LogP contribution in [0, 0.1) is 0 Å². The standard InChI is InChI=1S/C7H11NO/c1-4-5-8-6(2)7(3)9/h4-5H,1-3H3/b5-4-,8-6?. The van der Waals surface area contributed by atoms with E-state index in [4.69, 9.17) is 0 Å². The van der Waals surface area contributed by atoms with Crippen LogP contribution in [0.2, 0.25) is 0 Å². The molecule has 0 saturated heterocycles. The van der Waals surface area contributed by atoms with Gasteiger partial charge in [0.1, 0.15) is 0 Å². The van der Waals surface area contributed by atoms with E-state index in [1.54, 1.807) is 19.2 Å². The molecule has 0 saturated carbocycles. The molecule has 0 heterocycles. The molecule has 0 atom stereocenters. The number of rotatable bonds is 2. The Labute approximate surface area is 55.3 Å². The van der Waals surface area contributed by atoms with E-state index >= 15 is 0 Å². The number of Topliss-reactive ketones (excluding diaryl/α,β-unsaturated/α-hetero) is 1. The monoisotopic (exact) mass is 125 g/mol. The summed E-state index contributed by atoms with van der Waals surface area (Å²) in [5, 5.41) is 0. The van der Waals surface area contributed by atoms with Gasteiger partial charge in [-0.3, -0.25) is 9.79 Å². The van der Waals surface area contributed by atoms with Crippen molar-refractivity contribution in [3.8, 4) is 0 Å². The maximum absolute atomic E-state index is 10.5. The van der Waals surface area contributed by atoms with Crippen LogP contribution in [0.5, 0.6) is 0 Å². The molecule has 0 rings (SSSR count). The summed E-state index contributed by atoms with van der Waals surface area (Å²) >= 11 is 0. The Balaban J connectivity index is 4.00. The molecule has 2 nitrogen and oxygen atoms in total. The minimum atomic E-state index is 0.0214. The van der Waals surface area contributed by atoms with E-state index in [0.717, 1.165) is 0 Å². The molecule has 0 aromatic carbocycles. The van der Waals surface area contributed by atoms with Crippen molar-refractivity contribution in [2.24, 2.45) is 4.99 Å². The first-order chi connectivity index (χ1) is 4.18. The van der Waals surface area contributed by atoms with Gasteiger partial charge in [-0.05, 0) is 13.8 Å². The van der Waals surface area contributed by atoms with E-state index in [1.807, 2.05) is 6.92 Å². The average Bonchev–Trinajstić information content (AvgIpc) is 1.82. The van der Waals surface area contributed by atoms with Gasteiger partial charge in [-0.2, -0.15) is 0 Å². The third-order valence-electron chi connectivity index (χ3n) is 0.927. The minimum absolute atomic E-state index is 0.0214. The molecule has 50 valence electrons. The molecule has 0 aliphatic rings. The molecule has 0 aliphatic carbocycles. The largest absolute Gasteiger partial charge is 0.293 e. The Morgan fingerprint density at radius 2 is 2.00 bits per heavy atom. The summed E-state index contributed by atoms with van der Waals surface area (Å²) in [4.78, 5) is 14.3. The molecule has 0 aromatic rings. The minimum Gasteiger partial charge on any atom is -0.293 e. The zero-order chi connectivity index (χ0) is 7.28. The summed E-state index contributed by atoms with van der Waals surface area (Å²) in [6, 6.07) is 0. The van der Waals surface area contributed by atoms with Crippen LogP contribution in [0.4, 0.5) is 0 Å². The fourth-order valence-corrected chi connectivity index (χ4v) is 0.277. The van der Waals surface area contributed by atoms with Crippen molar-refractivity contribution in [3.63, 3.8) is 0 Å². The predicted molar refractivity (Wildman–Crippen MR) is 38.6 cm³/mol. The third-order valence-corrected chi connectivity index (χ3v) is 0.927. The number of carbonyl (C=O) groups is 1. The van der Waals surface area contributed by atoms with Gasteiger partial charge < -0.3 is 0 Å². The van der Waals surface area contributed by atoms with Crippen molar-refractivity contribution in [2.45, 2.75) is 20.8 Å². The number of ketones is 1. The molecule has 0 bridgehead atoms. The first-order valence-corrected chi connectivity index (χ1v) is 2.85. The number of aliphatic imine (C=N–C) groups is 1. The van der Waals surface area contributed by atoms with E-state index < -0.39 is 0 Å². The molecule has 0 aliphatic heterocycles. The zero-order valence-electron chi connectivity index (χ0n) is 6.01. The topological polar surface area (TPSA) is 29.4 Å². The molecule has 0 radical (unpaired) electrons. The second-order valence-electron chi connectivity index (χ2n) is 1.75. The maximum atomic E-state index is 10.5. The van der Waals surface area contributed by atoms with E-state index in [1.165, 1.54) is 6.92 Å². The Morgan fingerprint density at radius 1 is 1.44 bits per heavy atom. The van der Waals surface area contributed by atoms with Crippen LogP contribution in [0.25, 0.3) is 0 Å². The van der Waals surface area contributed by atoms with E-state index in [2.05, 4.69) is 4.99 Å². The zero-order valence-corrected chi connectivity index (χ0v) is 6.01. The van der Waals surface area contributed by atoms with Crippen molar-refractivity contribution in [1.82, 2.24) is 0 Å². The van der Waals surface area contributed by atoms with E-state index in [9.17, 15) is 4.79 Å². The highest BCUT2D eigenvalue weighted by molar-refractivity contribution is 6.38. The lowest BCUT2D eigenvalue weighted by molar-refractivity contribution is -0.111. The van der Waals surface area contributed by atoms with Crippen molar-refractivity contribution >= 4 is 11.5 Å². The first kappa shape index (κ1) is 8.08. The van der Waals surface area contributed by atoms with Crippen LogP contribution in [-0.4, -0.2) is 11.5 Å². The molecule has 9 heavy (non-hydrogen) atoms. The summed E-state index contributed by atoms with van der Waals surface area (Å²) in [5.41, 5.74) is 0.549. The summed E-state index contributed by atoms with van der Waals surface area (Å²) in [6.07, 6.45) is 3.39. The molecule has 0 N–H and O–H groups in total. The van der Waals surface area contributed by atoms with E-state index in [-0.39, 0.29) is 5.78 Å². The van der Waals surface area contributed by atoms with Crippen molar-refractivity contribution < 1.29 is 4.79 Å². The summed E-state index contributed by atoms with van der Waals surface area (Å²) in [6.45, 7) is 5.06. The highest BCUT2D eigenvalue weighted by Crippen LogP contribution is 1.81. The van der Waals surface area contributed by atoms with Gasteiger partial charge in [0.25, 0.3) is 0 Å². The number of nitrogens with zero attached hydrogens (tertiary/aromatic N) is 1. The van der Waals surface area contributed by atoms with Gasteiger partial charge in [-0.15, -0.1) is 0 Å². The number of hydrogen-bond donors (Lipinski definition) is 0. The Morgan fingerprint density at radius 3 is 2.33 bits per heavy atom. The van der Waals surface area contributed by atoms with Gasteiger partial charge in [0.2, 0.25) is 0 Å². The van der Waals surface area contributed by atoms with Crippen molar-refractivity contribution in [2.75, 3.05) is 0 Å². The Bertz CT molecular complexity index is 156. The van der Waals surface area contributed by atoms with Gasteiger partial charge in [0.05, 0.1) is 5.71 Å². The van der Waals surface area contributed by atoms with Crippen LogP contribution >= 0.6 is 0 Å². The predicted octanol–water partition coefficient (Wildman–Crippen LogP) is 1.57. The highest BCUT2D eigenvalue weighted by Gasteiger charge is 1.92. The summed E-state index contributed by atoms with van der Waals surface area (Å²) in [5.74, 6) is 0.0214. The van der Waals surface area contributed by atoms with Gasteiger partial charge in [0, 0.05) is 13.1 Å². The average molecular weight is 125 g/mol. The quantitative estimate of drug-likeness (QED) is 0.515. The molecule has 0 amide bonds. The van der Waals surface area contributed by atoms with Crippen LogP contribution in [0.15, 0.2) is 17.3 Å². The van der Waals surface area contributed by atoms with Crippen LogP contribution in [0.3, 0.4) is 0 Å². The first-order valence-electron chi connectivity index (χ1n) is 2.85. The molecule has 0 spiro atoms. The van der Waals surface area contributed by atoms with Crippen molar-refractivity contribution in [1.29, 1.82) is 0 Å². The number of allylic oxidation sites excluding steroid dienone is 1. The lowest BCUT2D eigenvalue weighted by Crippen LogP contribution is -2.02. The summed E-state index contributed by atoms with van der Waals surface area (Å²) in [7, 11) is 0. The Hall–Kier alpha value is -0.920. The molecule has 0 aromatic heterocycles. The van der Waals surface area contributed by atoms with Crippen LogP contribution in [-0.2, 0) is 4.79 Å². The highest BCUT2D eigenvalue weighted by atomic mass is 16.1. The SMILES string of the molecule is C/C=C\N=C(C)C(C)=O. The van der Waals surface area contributed by atoms with Crippen LogP contribution < -0.4 is 0 Å². The lowest BCUT2D eigenvalue weighted by Gasteiger charge is -1.86. The van der Waals surface area contributed by atoms with E-state index in [0.29, 0.717) is 5.71 Å². The number of hydrogen-bond acceptors (Lipinski definition) is 2. The summed E-state index contributed by atoms with van der Waals surface area (Å²) < 4.78 is 0. The molecular formula is C7H11NO. The lowest BCUT2D eigenvalue weighted by atomic mass is 10.3. The van der Waals surface area contributed by atoms with Gasteiger partial charge in [-0.1, -0.05) is 6.08 Å². The number of carbonyl (C=O) groups excluding carboxylic acids is 1. The second-order valence-corrected chi connectivity index (χ2v) is 1.75. The van der Waals surface area contributed by atoms with Crippen molar-refractivity contribution in [3.05, 3.63) is 12.3 Å². The fraction of sp³-hybridized carbons (Fsp3) is 0.429.